The second kappa shape index (κ2) is 7.79. The summed E-state index contributed by atoms with van der Waals surface area (Å²) < 4.78 is 5.16. The summed E-state index contributed by atoms with van der Waals surface area (Å²) in [7, 11) is 0. The molecule has 0 saturated carbocycles. The van der Waals surface area contributed by atoms with Gasteiger partial charge in [-0.2, -0.15) is 0 Å². The molecule has 0 radical (unpaired) electrons. The molecule has 0 unspecified atom stereocenters. The van der Waals surface area contributed by atoms with Crippen molar-refractivity contribution in [2.45, 2.75) is 32.6 Å². The zero-order chi connectivity index (χ0) is 20.5. The van der Waals surface area contributed by atoms with Crippen molar-refractivity contribution in [3.8, 4) is 0 Å². The molecule has 8 heteroatoms. The van der Waals surface area contributed by atoms with Crippen LogP contribution >= 0.6 is 11.3 Å². The SMILES string of the molecule is CCOC(=O)c1c(NC(=O)CCN2C(=O)c3ccccc3C2=O)sc2c1CCC2. The van der Waals surface area contributed by atoms with Gasteiger partial charge in [0.2, 0.25) is 5.91 Å². The van der Waals surface area contributed by atoms with Gasteiger partial charge in [-0.15, -0.1) is 11.3 Å². The Kier molecular flexibility index (Phi) is 5.19. The largest absolute Gasteiger partial charge is 0.462 e. The molecule has 1 aromatic heterocycles. The van der Waals surface area contributed by atoms with Crippen LogP contribution in [0.25, 0.3) is 0 Å². The number of nitrogens with one attached hydrogen (secondary N) is 1. The van der Waals surface area contributed by atoms with Gasteiger partial charge >= 0.3 is 5.97 Å². The molecule has 1 aromatic carbocycles. The van der Waals surface area contributed by atoms with Crippen LogP contribution in [0.2, 0.25) is 0 Å². The number of carbonyl (C=O) groups excluding carboxylic acids is 4. The zero-order valence-electron chi connectivity index (χ0n) is 15.9. The summed E-state index contributed by atoms with van der Waals surface area (Å²) in [5.74, 6) is -1.56. The summed E-state index contributed by atoms with van der Waals surface area (Å²) in [6.45, 7) is 1.99. The summed E-state index contributed by atoms with van der Waals surface area (Å²) in [4.78, 5) is 51.9. The Hall–Kier alpha value is -3.00. The molecule has 0 bridgehead atoms. The van der Waals surface area contributed by atoms with E-state index in [0.29, 0.717) is 21.7 Å². The van der Waals surface area contributed by atoms with Crippen LogP contribution in [0.3, 0.4) is 0 Å². The van der Waals surface area contributed by atoms with Crippen LogP contribution in [-0.2, 0) is 22.4 Å². The summed E-state index contributed by atoms with van der Waals surface area (Å²) in [5.41, 5.74) is 2.12. The molecule has 1 aliphatic heterocycles. The average molecular weight is 412 g/mol. The second-order valence-electron chi connectivity index (χ2n) is 6.89. The van der Waals surface area contributed by atoms with Crippen LogP contribution in [0, 0.1) is 0 Å². The third kappa shape index (κ3) is 3.44. The number of aryl methyl sites for hydroxylation is 1. The molecule has 2 heterocycles. The molecule has 1 aliphatic carbocycles. The van der Waals surface area contributed by atoms with Gasteiger partial charge in [-0.1, -0.05) is 12.1 Å². The second-order valence-corrected chi connectivity index (χ2v) is 7.99. The molecule has 4 rings (SSSR count). The summed E-state index contributed by atoms with van der Waals surface area (Å²) >= 11 is 1.40. The number of hydrogen-bond donors (Lipinski definition) is 1. The van der Waals surface area contributed by atoms with Gasteiger partial charge in [0.05, 0.1) is 23.3 Å². The van der Waals surface area contributed by atoms with Gasteiger partial charge in [-0.05, 0) is 43.9 Å². The van der Waals surface area contributed by atoms with Gasteiger partial charge in [0.1, 0.15) is 5.00 Å². The highest BCUT2D eigenvalue weighted by Crippen LogP contribution is 2.39. The molecule has 2 aromatic rings. The van der Waals surface area contributed by atoms with Gasteiger partial charge in [0.25, 0.3) is 11.8 Å². The number of hydrogen-bond acceptors (Lipinski definition) is 6. The summed E-state index contributed by atoms with van der Waals surface area (Å²) in [6, 6.07) is 6.61. The normalized spacial score (nSPS) is 14.7. The van der Waals surface area contributed by atoms with E-state index < -0.39 is 5.97 Å². The Morgan fingerprint density at radius 1 is 1.14 bits per heavy atom. The molecule has 0 saturated heterocycles. The van der Waals surface area contributed by atoms with Gasteiger partial charge in [0, 0.05) is 17.8 Å². The number of ether oxygens (including phenoxy) is 1. The van der Waals surface area contributed by atoms with Crippen molar-refractivity contribution in [1.82, 2.24) is 4.90 Å². The van der Waals surface area contributed by atoms with E-state index in [-0.39, 0.29) is 37.3 Å². The lowest BCUT2D eigenvalue weighted by Gasteiger charge is -2.13. The topological polar surface area (TPSA) is 92.8 Å². The molecular formula is C21H20N2O5S. The molecule has 3 amide bonds. The lowest BCUT2D eigenvalue weighted by molar-refractivity contribution is -0.116. The van der Waals surface area contributed by atoms with Crippen molar-refractivity contribution in [1.29, 1.82) is 0 Å². The standard InChI is InChI=1S/C21H20N2O5S/c1-2-28-21(27)17-14-8-5-9-15(14)29-18(17)22-16(24)10-11-23-19(25)12-6-3-4-7-13(12)20(23)26/h3-4,6-7H,2,5,8-11H2,1H3,(H,22,24). The highest BCUT2D eigenvalue weighted by Gasteiger charge is 2.35. The van der Waals surface area contributed by atoms with Crippen molar-refractivity contribution in [3.05, 3.63) is 51.4 Å². The number of carbonyl (C=O) groups is 4. The van der Waals surface area contributed by atoms with E-state index in [2.05, 4.69) is 5.32 Å². The maximum absolute atomic E-state index is 12.5. The first kappa shape index (κ1) is 19.3. The molecule has 0 atom stereocenters. The minimum absolute atomic E-state index is 0.0159. The Balaban J connectivity index is 1.44. The van der Waals surface area contributed by atoms with E-state index in [1.165, 1.54) is 11.3 Å². The van der Waals surface area contributed by atoms with Crippen LogP contribution in [0.5, 0.6) is 0 Å². The van der Waals surface area contributed by atoms with Crippen LogP contribution < -0.4 is 5.32 Å². The first-order valence-corrected chi connectivity index (χ1v) is 10.4. The van der Waals surface area contributed by atoms with Crippen molar-refractivity contribution < 1.29 is 23.9 Å². The minimum atomic E-state index is -0.428. The van der Waals surface area contributed by atoms with Gasteiger partial charge < -0.3 is 10.1 Å². The molecule has 1 N–H and O–H groups in total. The van der Waals surface area contributed by atoms with E-state index in [0.717, 1.165) is 34.6 Å². The predicted molar refractivity (Wildman–Crippen MR) is 107 cm³/mol. The van der Waals surface area contributed by atoms with Gasteiger partial charge in [-0.25, -0.2) is 4.79 Å². The predicted octanol–water partition coefficient (Wildman–Crippen LogP) is 3.04. The number of nitrogens with zero attached hydrogens (tertiary/aromatic N) is 1. The fraction of sp³-hybridized carbons (Fsp3) is 0.333. The third-order valence-corrected chi connectivity index (χ3v) is 6.30. The zero-order valence-corrected chi connectivity index (χ0v) is 16.8. The Morgan fingerprint density at radius 2 is 1.83 bits per heavy atom. The number of rotatable bonds is 6. The Labute approximate surface area is 171 Å². The number of thiophene rings is 1. The van der Waals surface area contributed by atoms with E-state index in [4.69, 9.17) is 4.74 Å². The maximum Gasteiger partial charge on any atom is 0.341 e. The lowest BCUT2D eigenvalue weighted by Crippen LogP contribution is -2.33. The van der Waals surface area contributed by atoms with Crippen LogP contribution in [0.1, 0.15) is 61.3 Å². The smallest absolute Gasteiger partial charge is 0.341 e. The first-order valence-electron chi connectivity index (χ1n) is 9.58. The molecule has 7 nitrogen and oxygen atoms in total. The highest BCUT2D eigenvalue weighted by molar-refractivity contribution is 7.17. The monoisotopic (exact) mass is 412 g/mol. The van der Waals surface area contributed by atoms with Gasteiger partial charge in [-0.3, -0.25) is 19.3 Å². The van der Waals surface area contributed by atoms with E-state index in [1.54, 1.807) is 31.2 Å². The average Bonchev–Trinajstić information content (AvgIpc) is 3.34. The maximum atomic E-state index is 12.5. The minimum Gasteiger partial charge on any atom is -0.462 e. The molecular weight excluding hydrogens is 392 g/mol. The molecule has 0 fully saturated rings. The molecule has 2 aliphatic rings. The van der Waals surface area contributed by atoms with Crippen LogP contribution in [-0.4, -0.2) is 41.7 Å². The van der Waals surface area contributed by atoms with E-state index >= 15 is 0 Å². The van der Waals surface area contributed by atoms with Crippen molar-refractivity contribution in [2.24, 2.45) is 0 Å². The number of fused-ring (bicyclic) bond motifs is 2. The lowest BCUT2D eigenvalue weighted by atomic mass is 10.1. The number of amides is 3. The summed E-state index contributed by atoms with van der Waals surface area (Å²) in [6.07, 6.45) is 2.63. The number of anilines is 1. The number of esters is 1. The number of benzene rings is 1. The van der Waals surface area contributed by atoms with E-state index in [1.807, 2.05) is 0 Å². The van der Waals surface area contributed by atoms with E-state index in [9.17, 15) is 19.2 Å². The number of imide groups is 1. The fourth-order valence-electron chi connectivity index (χ4n) is 3.76. The molecule has 150 valence electrons. The van der Waals surface area contributed by atoms with Gasteiger partial charge in [0.15, 0.2) is 0 Å². The van der Waals surface area contributed by atoms with Crippen molar-refractivity contribution >= 4 is 40.0 Å². The Morgan fingerprint density at radius 3 is 2.48 bits per heavy atom. The highest BCUT2D eigenvalue weighted by atomic mass is 32.1. The fourth-order valence-corrected chi connectivity index (χ4v) is 5.05. The van der Waals surface area contributed by atoms with Crippen LogP contribution in [0.4, 0.5) is 5.00 Å². The van der Waals surface area contributed by atoms with Crippen molar-refractivity contribution in [2.75, 3.05) is 18.5 Å². The molecule has 0 spiro atoms. The van der Waals surface area contributed by atoms with Crippen LogP contribution in [0.15, 0.2) is 24.3 Å². The third-order valence-electron chi connectivity index (χ3n) is 5.09. The Bertz CT molecular complexity index is 991. The molecule has 29 heavy (non-hydrogen) atoms. The first-order chi connectivity index (χ1) is 14.0. The quantitative estimate of drug-likeness (QED) is 0.582. The summed E-state index contributed by atoms with van der Waals surface area (Å²) in [5, 5.41) is 3.27. The van der Waals surface area contributed by atoms with Crippen molar-refractivity contribution in [3.63, 3.8) is 0 Å².